The molecule has 0 aliphatic rings. The summed E-state index contributed by atoms with van der Waals surface area (Å²) in [7, 11) is 1.60. The number of carbonyl (C=O) groups is 1. The Morgan fingerprint density at radius 1 is 1.40 bits per heavy atom. The lowest BCUT2D eigenvalue weighted by Gasteiger charge is -1.99. The van der Waals surface area contributed by atoms with E-state index in [0.29, 0.717) is 0 Å². The lowest BCUT2D eigenvalue weighted by atomic mass is 10.2. The first-order valence-corrected chi connectivity index (χ1v) is 4.44. The number of aliphatic carboxylic acids is 1. The fraction of sp³-hybridized carbons (Fsp3) is 0.0833. The highest BCUT2D eigenvalue weighted by molar-refractivity contribution is 5.80. The maximum absolute atomic E-state index is 10.2. The monoisotopic (exact) mass is 204 g/mol. The van der Waals surface area contributed by atoms with E-state index in [1.807, 2.05) is 30.3 Å². The van der Waals surface area contributed by atoms with Gasteiger partial charge in [-0.05, 0) is 17.7 Å². The van der Waals surface area contributed by atoms with Gasteiger partial charge in [0.15, 0.2) is 0 Å². The molecule has 1 aromatic rings. The Morgan fingerprint density at radius 2 is 2.20 bits per heavy atom. The average Bonchev–Trinajstić information content (AvgIpc) is 2.24. The van der Waals surface area contributed by atoms with Crippen molar-refractivity contribution in [3.05, 3.63) is 48.1 Å². The molecule has 15 heavy (non-hydrogen) atoms. The average molecular weight is 204 g/mol. The summed E-state index contributed by atoms with van der Waals surface area (Å²) in [5, 5.41) is 8.35. The molecule has 0 radical (unpaired) electrons. The zero-order valence-corrected chi connectivity index (χ0v) is 8.38. The molecular formula is C12H12O3. The molecule has 0 aliphatic carbocycles. The SMILES string of the molecule is COc1cccc(/C=C\C=C/C(=O)O)c1. The van der Waals surface area contributed by atoms with Crippen molar-refractivity contribution in [3.8, 4) is 5.75 Å². The van der Waals surface area contributed by atoms with Crippen LogP contribution in [0.4, 0.5) is 0 Å². The molecule has 0 spiro atoms. The molecule has 0 fully saturated rings. The number of hydrogen-bond acceptors (Lipinski definition) is 2. The zero-order valence-electron chi connectivity index (χ0n) is 8.38. The molecular weight excluding hydrogens is 192 g/mol. The van der Waals surface area contributed by atoms with Crippen molar-refractivity contribution in [2.45, 2.75) is 0 Å². The standard InChI is InChI=1S/C12H12O3/c1-15-11-7-4-6-10(9-11)5-2-3-8-12(13)14/h2-9H,1H3,(H,13,14)/b5-2-,8-3-. The smallest absolute Gasteiger partial charge is 0.328 e. The van der Waals surface area contributed by atoms with Crippen LogP contribution in [-0.2, 0) is 4.79 Å². The minimum Gasteiger partial charge on any atom is -0.497 e. The number of ether oxygens (including phenoxy) is 1. The topological polar surface area (TPSA) is 46.5 Å². The second-order valence-electron chi connectivity index (χ2n) is 2.83. The molecule has 1 aromatic carbocycles. The molecule has 3 nitrogen and oxygen atoms in total. The van der Waals surface area contributed by atoms with Crippen molar-refractivity contribution in [2.75, 3.05) is 7.11 Å². The van der Waals surface area contributed by atoms with Crippen LogP contribution >= 0.6 is 0 Å². The summed E-state index contributed by atoms with van der Waals surface area (Å²) in [5.41, 5.74) is 0.962. The molecule has 0 bridgehead atoms. The summed E-state index contributed by atoms with van der Waals surface area (Å²) >= 11 is 0. The van der Waals surface area contributed by atoms with Gasteiger partial charge in [-0.25, -0.2) is 4.79 Å². The number of rotatable bonds is 4. The Kier molecular flexibility index (Phi) is 4.16. The van der Waals surface area contributed by atoms with E-state index in [1.165, 1.54) is 6.08 Å². The van der Waals surface area contributed by atoms with Crippen LogP contribution in [0.25, 0.3) is 6.08 Å². The highest BCUT2D eigenvalue weighted by Crippen LogP contribution is 2.13. The van der Waals surface area contributed by atoms with Gasteiger partial charge in [-0.15, -0.1) is 0 Å². The Morgan fingerprint density at radius 3 is 2.87 bits per heavy atom. The molecule has 0 aliphatic heterocycles. The molecule has 78 valence electrons. The predicted octanol–water partition coefficient (Wildman–Crippen LogP) is 2.35. The molecule has 0 saturated carbocycles. The molecule has 1 rings (SSSR count). The predicted molar refractivity (Wildman–Crippen MR) is 58.8 cm³/mol. The van der Waals surface area contributed by atoms with E-state index in [4.69, 9.17) is 9.84 Å². The van der Waals surface area contributed by atoms with Gasteiger partial charge in [-0.2, -0.15) is 0 Å². The molecule has 0 aromatic heterocycles. The van der Waals surface area contributed by atoms with E-state index in [-0.39, 0.29) is 0 Å². The van der Waals surface area contributed by atoms with Crippen LogP contribution in [0.1, 0.15) is 5.56 Å². The first-order chi connectivity index (χ1) is 7.22. The second kappa shape index (κ2) is 5.65. The van der Waals surface area contributed by atoms with E-state index < -0.39 is 5.97 Å². The molecule has 0 amide bonds. The minimum absolute atomic E-state index is 0.777. The van der Waals surface area contributed by atoms with Crippen molar-refractivity contribution < 1.29 is 14.6 Å². The number of methoxy groups -OCH3 is 1. The highest BCUT2D eigenvalue weighted by atomic mass is 16.5. The summed E-state index contributed by atoms with van der Waals surface area (Å²) in [5.74, 6) is -0.176. The van der Waals surface area contributed by atoms with E-state index in [2.05, 4.69) is 0 Å². The number of allylic oxidation sites excluding steroid dienone is 2. The van der Waals surface area contributed by atoms with Gasteiger partial charge >= 0.3 is 5.97 Å². The van der Waals surface area contributed by atoms with Gasteiger partial charge < -0.3 is 9.84 Å². The van der Waals surface area contributed by atoms with Crippen LogP contribution in [0.3, 0.4) is 0 Å². The molecule has 1 N–H and O–H groups in total. The van der Waals surface area contributed by atoms with Crippen molar-refractivity contribution in [1.82, 2.24) is 0 Å². The van der Waals surface area contributed by atoms with Crippen molar-refractivity contribution in [2.24, 2.45) is 0 Å². The summed E-state index contributed by atoms with van der Waals surface area (Å²) in [6.07, 6.45) is 6.03. The fourth-order valence-corrected chi connectivity index (χ4v) is 1.05. The fourth-order valence-electron chi connectivity index (χ4n) is 1.05. The van der Waals surface area contributed by atoms with Gasteiger partial charge in [-0.1, -0.05) is 30.4 Å². The third kappa shape index (κ3) is 4.13. The quantitative estimate of drug-likeness (QED) is 0.605. The molecule has 0 atom stereocenters. The van der Waals surface area contributed by atoms with Gasteiger partial charge in [0, 0.05) is 6.08 Å². The lowest BCUT2D eigenvalue weighted by molar-refractivity contribution is -0.131. The first-order valence-electron chi connectivity index (χ1n) is 4.44. The maximum atomic E-state index is 10.2. The van der Waals surface area contributed by atoms with Gasteiger partial charge in [0.05, 0.1) is 7.11 Å². The Bertz CT molecular complexity index is 392. The van der Waals surface area contributed by atoms with E-state index in [1.54, 1.807) is 13.2 Å². The van der Waals surface area contributed by atoms with Gasteiger partial charge in [-0.3, -0.25) is 0 Å². The van der Waals surface area contributed by atoms with Gasteiger partial charge in [0.25, 0.3) is 0 Å². The van der Waals surface area contributed by atoms with Crippen LogP contribution in [0.2, 0.25) is 0 Å². The molecule has 3 heteroatoms. The van der Waals surface area contributed by atoms with Crippen molar-refractivity contribution >= 4 is 12.0 Å². The van der Waals surface area contributed by atoms with Crippen LogP contribution in [0, 0.1) is 0 Å². The summed E-state index contributed by atoms with van der Waals surface area (Å²) in [4.78, 5) is 10.2. The maximum Gasteiger partial charge on any atom is 0.328 e. The summed E-state index contributed by atoms with van der Waals surface area (Å²) < 4.78 is 5.05. The molecule has 0 saturated heterocycles. The Balaban J connectivity index is 2.67. The first kappa shape index (κ1) is 11.0. The number of benzene rings is 1. The van der Waals surface area contributed by atoms with Crippen molar-refractivity contribution in [1.29, 1.82) is 0 Å². The van der Waals surface area contributed by atoms with Crippen LogP contribution in [0.15, 0.2) is 42.5 Å². The third-order valence-corrected chi connectivity index (χ3v) is 1.73. The minimum atomic E-state index is -0.953. The highest BCUT2D eigenvalue weighted by Gasteiger charge is 1.90. The van der Waals surface area contributed by atoms with E-state index in [0.717, 1.165) is 17.4 Å². The Hall–Kier alpha value is -2.03. The normalized spacial score (nSPS) is 11.0. The van der Waals surface area contributed by atoms with Crippen LogP contribution < -0.4 is 4.74 Å². The Labute approximate surface area is 88.3 Å². The zero-order chi connectivity index (χ0) is 11.1. The van der Waals surface area contributed by atoms with Crippen LogP contribution in [0.5, 0.6) is 5.75 Å². The third-order valence-electron chi connectivity index (χ3n) is 1.73. The van der Waals surface area contributed by atoms with E-state index >= 15 is 0 Å². The summed E-state index contributed by atoms with van der Waals surface area (Å²) in [6.45, 7) is 0. The van der Waals surface area contributed by atoms with Crippen molar-refractivity contribution in [3.63, 3.8) is 0 Å². The largest absolute Gasteiger partial charge is 0.497 e. The van der Waals surface area contributed by atoms with Gasteiger partial charge in [0.1, 0.15) is 5.75 Å². The second-order valence-corrected chi connectivity index (χ2v) is 2.83. The van der Waals surface area contributed by atoms with Gasteiger partial charge in [0.2, 0.25) is 0 Å². The number of hydrogen-bond donors (Lipinski definition) is 1. The molecule has 0 unspecified atom stereocenters. The number of carboxylic acid groups (broad SMARTS) is 1. The van der Waals surface area contributed by atoms with Crippen LogP contribution in [-0.4, -0.2) is 18.2 Å². The number of carboxylic acids is 1. The van der Waals surface area contributed by atoms with E-state index in [9.17, 15) is 4.79 Å². The molecule has 0 heterocycles. The lowest BCUT2D eigenvalue weighted by Crippen LogP contribution is -1.84. The summed E-state index contributed by atoms with van der Waals surface area (Å²) in [6, 6.07) is 7.50.